The molecule has 1 aliphatic carbocycles. The van der Waals surface area contributed by atoms with E-state index in [-0.39, 0.29) is 12.0 Å². The van der Waals surface area contributed by atoms with Crippen LogP contribution in [-0.4, -0.2) is 54.3 Å². The zero-order chi connectivity index (χ0) is 16.2. The van der Waals surface area contributed by atoms with Gasteiger partial charge in [-0.1, -0.05) is 12.8 Å². The van der Waals surface area contributed by atoms with Gasteiger partial charge in [0.05, 0.1) is 6.54 Å². The molecule has 2 fully saturated rings. The topological polar surface area (TPSA) is 58.6 Å². The first kappa shape index (κ1) is 16.0. The van der Waals surface area contributed by atoms with Crippen LogP contribution in [0.4, 0.5) is 5.82 Å². The first-order chi connectivity index (χ1) is 11.1. The molecule has 1 amide bonds. The summed E-state index contributed by atoms with van der Waals surface area (Å²) in [6.45, 7) is 1.46. The van der Waals surface area contributed by atoms with Gasteiger partial charge in [-0.15, -0.1) is 10.2 Å². The number of aromatic nitrogens is 2. The Morgan fingerprint density at radius 3 is 2.70 bits per heavy atom. The van der Waals surface area contributed by atoms with Crippen molar-refractivity contribution in [2.24, 2.45) is 5.92 Å². The SMILES string of the molecule is CN(C)c1ccc(O[C@@H]2CCN(C(=O)CC3CCCC3)C2)nn1. The van der Waals surface area contributed by atoms with Gasteiger partial charge in [-0.2, -0.15) is 0 Å². The Morgan fingerprint density at radius 2 is 2.04 bits per heavy atom. The van der Waals surface area contributed by atoms with Crippen LogP contribution >= 0.6 is 0 Å². The zero-order valence-electron chi connectivity index (χ0n) is 14.1. The second-order valence-electron chi connectivity index (χ2n) is 6.85. The predicted octanol–water partition coefficient (Wildman–Crippen LogP) is 2.10. The van der Waals surface area contributed by atoms with Gasteiger partial charge in [0.1, 0.15) is 6.10 Å². The zero-order valence-corrected chi connectivity index (χ0v) is 14.1. The van der Waals surface area contributed by atoms with E-state index in [1.807, 2.05) is 36.0 Å². The minimum absolute atomic E-state index is 0.0297. The minimum atomic E-state index is 0.0297. The number of ether oxygens (including phenoxy) is 1. The molecule has 0 radical (unpaired) electrons. The van der Waals surface area contributed by atoms with Crippen molar-refractivity contribution >= 4 is 11.7 Å². The largest absolute Gasteiger partial charge is 0.471 e. The average molecular weight is 318 g/mol. The van der Waals surface area contributed by atoms with Gasteiger partial charge in [0.2, 0.25) is 11.8 Å². The molecule has 2 aliphatic rings. The van der Waals surface area contributed by atoms with E-state index in [9.17, 15) is 4.79 Å². The predicted molar refractivity (Wildman–Crippen MR) is 88.5 cm³/mol. The Balaban J connectivity index is 1.48. The Hall–Kier alpha value is -1.85. The van der Waals surface area contributed by atoms with Crippen LogP contribution in [-0.2, 0) is 4.79 Å². The summed E-state index contributed by atoms with van der Waals surface area (Å²) in [6.07, 6.45) is 6.61. The van der Waals surface area contributed by atoms with Crippen molar-refractivity contribution in [3.05, 3.63) is 12.1 Å². The standard InChI is InChI=1S/C17H26N4O2/c1-20(2)15-7-8-16(19-18-15)23-14-9-10-21(12-14)17(22)11-13-5-3-4-6-13/h7-8,13-14H,3-6,9-12H2,1-2H3/t14-/m1/s1. The second kappa shape index (κ2) is 7.15. The first-order valence-electron chi connectivity index (χ1n) is 8.57. The van der Waals surface area contributed by atoms with Crippen LogP contribution in [0, 0.1) is 5.92 Å². The highest BCUT2D eigenvalue weighted by Gasteiger charge is 2.29. The highest BCUT2D eigenvalue weighted by Crippen LogP contribution is 2.29. The Kier molecular flexibility index (Phi) is 4.98. The lowest BCUT2D eigenvalue weighted by Gasteiger charge is -2.19. The molecule has 1 aromatic rings. The van der Waals surface area contributed by atoms with E-state index in [1.165, 1.54) is 25.7 Å². The van der Waals surface area contributed by atoms with E-state index in [2.05, 4.69) is 10.2 Å². The molecule has 0 spiro atoms. The van der Waals surface area contributed by atoms with E-state index in [0.717, 1.165) is 18.8 Å². The molecule has 1 saturated heterocycles. The Labute approximate surface area is 137 Å². The molecule has 1 saturated carbocycles. The highest BCUT2D eigenvalue weighted by molar-refractivity contribution is 5.76. The molecular formula is C17H26N4O2. The molecule has 6 nitrogen and oxygen atoms in total. The van der Waals surface area contributed by atoms with Crippen molar-refractivity contribution in [2.45, 2.75) is 44.6 Å². The Bertz CT molecular complexity index is 526. The molecule has 3 rings (SSSR count). The van der Waals surface area contributed by atoms with Crippen molar-refractivity contribution < 1.29 is 9.53 Å². The van der Waals surface area contributed by atoms with Gasteiger partial charge in [-0.3, -0.25) is 4.79 Å². The molecule has 0 aromatic carbocycles. The number of carbonyl (C=O) groups is 1. The van der Waals surface area contributed by atoms with E-state index in [4.69, 9.17) is 4.74 Å². The number of carbonyl (C=O) groups excluding carboxylic acids is 1. The fraction of sp³-hybridized carbons (Fsp3) is 0.706. The lowest BCUT2D eigenvalue weighted by Crippen LogP contribution is -2.32. The van der Waals surface area contributed by atoms with E-state index < -0.39 is 0 Å². The van der Waals surface area contributed by atoms with Gasteiger partial charge in [0.25, 0.3) is 0 Å². The molecule has 1 atom stereocenters. The van der Waals surface area contributed by atoms with Gasteiger partial charge in [0.15, 0.2) is 5.82 Å². The highest BCUT2D eigenvalue weighted by atomic mass is 16.5. The van der Waals surface area contributed by atoms with Gasteiger partial charge in [-0.25, -0.2) is 0 Å². The van der Waals surface area contributed by atoms with E-state index in [1.54, 1.807) is 0 Å². The fourth-order valence-corrected chi connectivity index (χ4v) is 3.43. The minimum Gasteiger partial charge on any atom is -0.471 e. The summed E-state index contributed by atoms with van der Waals surface area (Å²) < 4.78 is 5.87. The quantitative estimate of drug-likeness (QED) is 0.832. The number of anilines is 1. The molecule has 0 unspecified atom stereocenters. The molecule has 1 aromatic heterocycles. The Morgan fingerprint density at radius 1 is 1.26 bits per heavy atom. The number of amides is 1. The van der Waals surface area contributed by atoms with Crippen LogP contribution in [0.5, 0.6) is 5.88 Å². The van der Waals surface area contributed by atoms with Gasteiger partial charge in [-0.05, 0) is 24.8 Å². The maximum Gasteiger partial charge on any atom is 0.233 e. The van der Waals surface area contributed by atoms with E-state index in [0.29, 0.717) is 24.8 Å². The van der Waals surface area contributed by atoms with Crippen molar-refractivity contribution in [3.63, 3.8) is 0 Å². The normalized spacial score (nSPS) is 21.7. The summed E-state index contributed by atoms with van der Waals surface area (Å²) in [5.41, 5.74) is 0. The van der Waals surface area contributed by atoms with E-state index >= 15 is 0 Å². The van der Waals surface area contributed by atoms with Crippen LogP contribution < -0.4 is 9.64 Å². The van der Waals surface area contributed by atoms with Gasteiger partial charge < -0.3 is 14.5 Å². The van der Waals surface area contributed by atoms with Crippen molar-refractivity contribution in [1.29, 1.82) is 0 Å². The first-order valence-corrected chi connectivity index (χ1v) is 8.57. The van der Waals surface area contributed by atoms with Gasteiger partial charge in [0, 0.05) is 39.5 Å². The summed E-state index contributed by atoms with van der Waals surface area (Å²) in [7, 11) is 3.85. The number of nitrogens with zero attached hydrogens (tertiary/aromatic N) is 4. The molecule has 0 bridgehead atoms. The van der Waals surface area contributed by atoms with Gasteiger partial charge >= 0.3 is 0 Å². The third-order valence-electron chi connectivity index (χ3n) is 4.81. The number of likely N-dealkylation sites (tertiary alicyclic amines) is 1. The van der Waals surface area contributed by atoms with Crippen LogP contribution in [0.15, 0.2) is 12.1 Å². The summed E-state index contributed by atoms with van der Waals surface area (Å²) >= 11 is 0. The molecular weight excluding hydrogens is 292 g/mol. The maximum absolute atomic E-state index is 12.4. The third-order valence-corrected chi connectivity index (χ3v) is 4.81. The van der Waals surface area contributed by atoms with Crippen molar-refractivity contribution in [3.8, 4) is 5.88 Å². The lowest BCUT2D eigenvalue weighted by molar-refractivity contribution is -0.131. The average Bonchev–Trinajstić information content (AvgIpc) is 3.19. The lowest BCUT2D eigenvalue weighted by atomic mass is 10.0. The second-order valence-corrected chi connectivity index (χ2v) is 6.85. The maximum atomic E-state index is 12.4. The van der Waals surface area contributed by atoms with Crippen LogP contribution in [0.2, 0.25) is 0 Å². The molecule has 23 heavy (non-hydrogen) atoms. The third kappa shape index (κ3) is 4.12. The molecule has 126 valence electrons. The number of rotatable bonds is 5. The summed E-state index contributed by atoms with van der Waals surface area (Å²) in [4.78, 5) is 16.2. The molecule has 6 heteroatoms. The van der Waals surface area contributed by atoms with Crippen molar-refractivity contribution in [2.75, 3.05) is 32.1 Å². The monoisotopic (exact) mass is 318 g/mol. The summed E-state index contributed by atoms with van der Waals surface area (Å²) in [5, 5.41) is 8.21. The smallest absolute Gasteiger partial charge is 0.233 e. The number of hydrogen-bond acceptors (Lipinski definition) is 5. The van der Waals surface area contributed by atoms with Crippen molar-refractivity contribution in [1.82, 2.24) is 15.1 Å². The van der Waals surface area contributed by atoms with Crippen LogP contribution in [0.25, 0.3) is 0 Å². The molecule has 0 N–H and O–H groups in total. The van der Waals surface area contributed by atoms with Crippen LogP contribution in [0.3, 0.4) is 0 Å². The fourth-order valence-electron chi connectivity index (χ4n) is 3.43. The number of hydrogen-bond donors (Lipinski definition) is 0. The summed E-state index contributed by atoms with van der Waals surface area (Å²) in [6, 6.07) is 3.73. The molecule has 2 heterocycles. The van der Waals surface area contributed by atoms with Crippen LogP contribution in [0.1, 0.15) is 38.5 Å². The summed E-state index contributed by atoms with van der Waals surface area (Å²) in [5.74, 6) is 2.23. The molecule has 1 aliphatic heterocycles.